The number of rotatable bonds is 1. The zero-order valence-electron chi connectivity index (χ0n) is 20.6. The van der Waals surface area contributed by atoms with Gasteiger partial charge >= 0.3 is 0 Å². The Hall–Kier alpha value is -4.95. The lowest BCUT2D eigenvalue weighted by Gasteiger charge is -2.40. The monoisotopic (exact) mass is 482 g/mol. The van der Waals surface area contributed by atoms with Crippen LogP contribution >= 0.6 is 0 Å². The van der Waals surface area contributed by atoms with E-state index >= 15 is 0 Å². The molecule has 2 nitrogen and oxygen atoms in total. The number of aromatic nitrogens is 2. The predicted octanol–water partition coefficient (Wildman–Crippen LogP) is 8.52. The Morgan fingerprint density at radius 3 is 2.16 bits per heavy atom. The molecule has 3 heterocycles. The molecular formula is C36H22N2. The minimum atomic E-state index is -0.446. The molecule has 9 rings (SSSR count). The molecule has 7 aromatic rings. The third-order valence-electron chi connectivity index (χ3n) is 8.68. The number of hydrogen-bond donors (Lipinski definition) is 0. The predicted molar refractivity (Wildman–Crippen MR) is 155 cm³/mol. The highest BCUT2D eigenvalue weighted by molar-refractivity contribution is 6.13. The van der Waals surface area contributed by atoms with E-state index in [0.29, 0.717) is 0 Å². The lowest BCUT2D eigenvalue weighted by atomic mass is 9.64. The van der Waals surface area contributed by atoms with Crippen molar-refractivity contribution in [2.24, 2.45) is 0 Å². The smallest absolute Gasteiger partial charge is 0.0760 e. The summed E-state index contributed by atoms with van der Waals surface area (Å²) in [4.78, 5) is 4.51. The second-order valence-electron chi connectivity index (χ2n) is 10.3. The molecule has 2 aliphatic rings. The molecule has 0 bridgehead atoms. The van der Waals surface area contributed by atoms with Gasteiger partial charge in [-0.3, -0.25) is 4.98 Å². The molecule has 0 N–H and O–H groups in total. The van der Waals surface area contributed by atoms with Gasteiger partial charge in [-0.05, 0) is 57.1 Å². The van der Waals surface area contributed by atoms with Crippen LogP contribution in [0.15, 0.2) is 134 Å². The van der Waals surface area contributed by atoms with Gasteiger partial charge in [0.15, 0.2) is 0 Å². The summed E-state index contributed by atoms with van der Waals surface area (Å²) in [6.45, 7) is 0. The first-order chi connectivity index (χ1) is 18.9. The molecule has 2 aromatic heterocycles. The standard InChI is InChI=1S/C36H22N2/c1-3-16-29-25(11-1)27-14-7-13-24(23-10-9-21-37-22-23)34(27)36(29)30-17-4-6-20-33(30)38-32-19-5-2-12-26(32)28-15-8-18-31(36)35(28)38/h1-22H. The molecule has 1 aliphatic carbocycles. The van der Waals surface area contributed by atoms with Crippen LogP contribution in [0, 0.1) is 0 Å². The van der Waals surface area contributed by atoms with Crippen LogP contribution < -0.4 is 0 Å². The first-order valence-corrected chi connectivity index (χ1v) is 13.2. The van der Waals surface area contributed by atoms with Crippen LogP contribution in [0.5, 0.6) is 0 Å². The minimum Gasteiger partial charge on any atom is -0.309 e. The quantitative estimate of drug-likeness (QED) is 0.229. The second-order valence-corrected chi connectivity index (χ2v) is 10.3. The summed E-state index contributed by atoms with van der Waals surface area (Å²) in [6.07, 6.45) is 3.85. The highest BCUT2D eigenvalue weighted by atomic mass is 15.0. The number of para-hydroxylation sites is 3. The van der Waals surface area contributed by atoms with Crippen LogP contribution in [0.25, 0.3) is 49.7 Å². The summed E-state index contributed by atoms with van der Waals surface area (Å²) in [5.41, 5.74) is 13.7. The number of fused-ring (bicyclic) bond motifs is 12. The third kappa shape index (κ3) is 2.23. The Labute approximate surface area is 220 Å². The Morgan fingerprint density at radius 2 is 1.24 bits per heavy atom. The van der Waals surface area contributed by atoms with E-state index in [1.165, 1.54) is 66.4 Å². The van der Waals surface area contributed by atoms with Crippen molar-refractivity contribution in [3.05, 3.63) is 156 Å². The lowest BCUT2D eigenvalue weighted by molar-refractivity contribution is 0.750. The van der Waals surface area contributed by atoms with E-state index in [-0.39, 0.29) is 0 Å². The van der Waals surface area contributed by atoms with Gasteiger partial charge in [0.05, 0.1) is 22.1 Å². The third-order valence-corrected chi connectivity index (χ3v) is 8.68. The molecular weight excluding hydrogens is 460 g/mol. The van der Waals surface area contributed by atoms with Crippen LogP contribution in [-0.2, 0) is 5.41 Å². The van der Waals surface area contributed by atoms with Gasteiger partial charge in [-0.1, -0.05) is 103 Å². The Balaban J connectivity index is 1.57. The molecule has 0 saturated carbocycles. The van der Waals surface area contributed by atoms with Crippen LogP contribution in [0.3, 0.4) is 0 Å². The molecule has 176 valence electrons. The summed E-state index contributed by atoms with van der Waals surface area (Å²) >= 11 is 0. The maximum atomic E-state index is 4.51. The highest BCUT2D eigenvalue weighted by Crippen LogP contribution is 2.62. The van der Waals surface area contributed by atoms with Gasteiger partial charge < -0.3 is 4.57 Å². The van der Waals surface area contributed by atoms with Crippen molar-refractivity contribution in [1.29, 1.82) is 0 Å². The van der Waals surface area contributed by atoms with Gasteiger partial charge in [0.2, 0.25) is 0 Å². The summed E-state index contributed by atoms with van der Waals surface area (Å²) < 4.78 is 2.49. The van der Waals surface area contributed by atoms with Gasteiger partial charge in [0, 0.05) is 28.7 Å². The Bertz CT molecular complexity index is 2080. The van der Waals surface area contributed by atoms with E-state index in [1.807, 2.05) is 18.5 Å². The maximum absolute atomic E-state index is 4.51. The molecule has 0 fully saturated rings. The molecule has 1 unspecified atom stereocenters. The van der Waals surface area contributed by atoms with E-state index in [4.69, 9.17) is 0 Å². The van der Waals surface area contributed by atoms with Crippen molar-refractivity contribution in [2.75, 3.05) is 0 Å². The molecule has 2 heteroatoms. The van der Waals surface area contributed by atoms with Crippen molar-refractivity contribution in [3.63, 3.8) is 0 Å². The molecule has 0 amide bonds. The number of benzene rings is 5. The molecule has 0 radical (unpaired) electrons. The van der Waals surface area contributed by atoms with E-state index in [1.54, 1.807) is 0 Å². The average Bonchev–Trinajstić information content (AvgIpc) is 3.49. The molecule has 1 spiro atoms. The number of nitrogens with zero attached hydrogens (tertiary/aromatic N) is 2. The van der Waals surface area contributed by atoms with E-state index < -0.39 is 5.41 Å². The Kier molecular flexibility index (Phi) is 3.76. The summed E-state index contributed by atoms with van der Waals surface area (Å²) in [5, 5.41) is 2.60. The fourth-order valence-electron chi connectivity index (χ4n) is 7.38. The van der Waals surface area contributed by atoms with Gasteiger partial charge in [-0.2, -0.15) is 0 Å². The zero-order valence-corrected chi connectivity index (χ0v) is 20.6. The van der Waals surface area contributed by atoms with Crippen molar-refractivity contribution >= 4 is 21.8 Å². The molecule has 0 saturated heterocycles. The van der Waals surface area contributed by atoms with Crippen molar-refractivity contribution in [2.45, 2.75) is 5.41 Å². The summed E-state index contributed by atoms with van der Waals surface area (Å²) in [5.74, 6) is 0. The fraction of sp³-hybridized carbons (Fsp3) is 0.0278. The number of hydrogen-bond acceptors (Lipinski definition) is 1. The van der Waals surface area contributed by atoms with E-state index in [9.17, 15) is 0 Å². The Morgan fingerprint density at radius 1 is 0.526 bits per heavy atom. The molecule has 38 heavy (non-hydrogen) atoms. The van der Waals surface area contributed by atoms with Crippen LogP contribution in [0.4, 0.5) is 0 Å². The van der Waals surface area contributed by atoms with Gasteiger partial charge in [0.25, 0.3) is 0 Å². The van der Waals surface area contributed by atoms with Gasteiger partial charge in [-0.25, -0.2) is 0 Å². The first-order valence-electron chi connectivity index (χ1n) is 13.2. The molecule has 5 aromatic carbocycles. The van der Waals surface area contributed by atoms with Gasteiger partial charge in [-0.15, -0.1) is 0 Å². The highest BCUT2D eigenvalue weighted by Gasteiger charge is 2.51. The second kappa shape index (κ2) is 7.08. The normalized spacial score (nSPS) is 16.5. The van der Waals surface area contributed by atoms with Crippen LogP contribution in [-0.4, -0.2) is 9.55 Å². The summed E-state index contributed by atoms with van der Waals surface area (Å²) in [7, 11) is 0. The topological polar surface area (TPSA) is 17.8 Å². The SMILES string of the molecule is c1cncc(-c2cccc3c2C2(c4ccccc4-3)c3ccccc3-n3c4ccccc4c4cccc2c43)c1. The fourth-order valence-corrected chi connectivity index (χ4v) is 7.38. The largest absolute Gasteiger partial charge is 0.309 e. The average molecular weight is 483 g/mol. The van der Waals surface area contributed by atoms with Crippen LogP contribution in [0.2, 0.25) is 0 Å². The van der Waals surface area contributed by atoms with Crippen molar-refractivity contribution in [1.82, 2.24) is 9.55 Å². The maximum Gasteiger partial charge on any atom is 0.0760 e. The van der Waals surface area contributed by atoms with Crippen molar-refractivity contribution in [3.8, 4) is 27.9 Å². The zero-order chi connectivity index (χ0) is 24.8. The first kappa shape index (κ1) is 20.1. The molecule has 1 atom stereocenters. The summed E-state index contributed by atoms with van der Waals surface area (Å²) in [6, 6.07) is 44.7. The van der Waals surface area contributed by atoms with Crippen molar-refractivity contribution < 1.29 is 0 Å². The van der Waals surface area contributed by atoms with E-state index in [2.05, 4.69) is 125 Å². The minimum absolute atomic E-state index is 0.446. The lowest BCUT2D eigenvalue weighted by Crippen LogP contribution is -2.34. The molecule has 1 aliphatic heterocycles. The van der Waals surface area contributed by atoms with Crippen LogP contribution in [0.1, 0.15) is 22.3 Å². The number of pyridine rings is 1. The van der Waals surface area contributed by atoms with E-state index in [0.717, 1.165) is 5.56 Å². The van der Waals surface area contributed by atoms with Gasteiger partial charge in [0.1, 0.15) is 0 Å².